The van der Waals surface area contributed by atoms with Crippen LogP contribution in [0.25, 0.3) is 11.1 Å². The van der Waals surface area contributed by atoms with E-state index in [0.29, 0.717) is 12.2 Å². The summed E-state index contributed by atoms with van der Waals surface area (Å²) in [5.74, 6) is 0.162. The molecule has 156 valence electrons. The molecule has 0 radical (unpaired) electrons. The summed E-state index contributed by atoms with van der Waals surface area (Å²) in [6, 6.07) is 15.7. The van der Waals surface area contributed by atoms with Crippen LogP contribution in [-0.4, -0.2) is 36.6 Å². The van der Waals surface area contributed by atoms with Crippen LogP contribution in [0.2, 0.25) is 0 Å². The molecule has 7 heteroatoms. The molecule has 0 heterocycles. The summed E-state index contributed by atoms with van der Waals surface area (Å²) in [6.07, 6.45) is -0.192. The Kier molecular flexibility index (Phi) is 8.59. The highest BCUT2D eigenvalue weighted by atomic mass is 79.9. The van der Waals surface area contributed by atoms with Gasteiger partial charge in [0.05, 0.1) is 7.11 Å². The van der Waals surface area contributed by atoms with Gasteiger partial charge >= 0.3 is 12.1 Å². The van der Waals surface area contributed by atoms with Crippen molar-refractivity contribution in [1.82, 2.24) is 5.32 Å². The first-order chi connectivity index (χ1) is 13.7. The van der Waals surface area contributed by atoms with E-state index < -0.39 is 23.7 Å². The second-order valence-electron chi connectivity index (χ2n) is 7.39. The molecule has 1 amide bonds. The smallest absolute Gasteiger partial charge is 0.408 e. The van der Waals surface area contributed by atoms with Gasteiger partial charge in [-0.15, -0.1) is 11.8 Å². The van der Waals surface area contributed by atoms with Gasteiger partial charge in [-0.2, -0.15) is 0 Å². The lowest BCUT2D eigenvalue weighted by atomic mass is 10.1. The van der Waals surface area contributed by atoms with E-state index in [1.165, 1.54) is 7.11 Å². The number of ether oxygens (including phenoxy) is 2. The number of hydrogen-bond acceptors (Lipinski definition) is 5. The molecule has 0 aliphatic heterocycles. The maximum Gasteiger partial charge on any atom is 0.408 e. The average molecular weight is 480 g/mol. The summed E-state index contributed by atoms with van der Waals surface area (Å²) in [5.41, 5.74) is 1.66. The number of esters is 1. The van der Waals surface area contributed by atoms with Crippen molar-refractivity contribution in [1.29, 1.82) is 0 Å². The molecule has 0 aromatic heterocycles. The molecule has 1 N–H and O–H groups in total. The third-order valence-corrected chi connectivity index (χ3v) is 5.46. The third kappa shape index (κ3) is 8.11. The van der Waals surface area contributed by atoms with Crippen molar-refractivity contribution in [2.24, 2.45) is 0 Å². The Morgan fingerprint density at radius 3 is 2.10 bits per heavy atom. The summed E-state index contributed by atoms with van der Waals surface area (Å²) in [6.45, 7) is 5.31. The van der Waals surface area contributed by atoms with Gasteiger partial charge in [-0.25, -0.2) is 9.59 Å². The van der Waals surface area contributed by atoms with E-state index in [0.717, 1.165) is 20.5 Å². The summed E-state index contributed by atoms with van der Waals surface area (Å²) in [7, 11) is 1.31. The summed E-state index contributed by atoms with van der Waals surface area (Å²) in [5, 5.41) is 2.59. The van der Waals surface area contributed by atoms with Crippen molar-refractivity contribution in [3.63, 3.8) is 0 Å². The number of methoxy groups -OCH3 is 1. The van der Waals surface area contributed by atoms with Gasteiger partial charge in [0.15, 0.2) is 0 Å². The molecule has 0 bridgehead atoms. The summed E-state index contributed by atoms with van der Waals surface area (Å²) in [4.78, 5) is 25.0. The van der Waals surface area contributed by atoms with Crippen molar-refractivity contribution in [2.45, 2.75) is 43.7 Å². The van der Waals surface area contributed by atoms with E-state index in [4.69, 9.17) is 9.47 Å². The highest BCUT2D eigenvalue weighted by Crippen LogP contribution is 2.26. The predicted molar refractivity (Wildman–Crippen MR) is 120 cm³/mol. The van der Waals surface area contributed by atoms with E-state index >= 15 is 0 Å². The standard InChI is InChI=1S/C22H26BrNO4S/c1-22(2,3)28-21(26)24-19(20(25)27-4)13-14-29-18-11-7-16(8-12-18)15-5-9-17(23)10-6-15/h5-12,19H,13-14H2,1-4H3,(H,24,26). The zero-order valence-corrected chi connectivity index (χ0v) is 19.4. The molecule has 2 aromatic rings. The monoisotopic (exact) mass is 479 g/mol. The lowest BCUT2D eigenvalue weighted by molar-refractivity contribution is -0.143. The second kappa shape index (κ2) is 10.7. The van der Waals surface area contributed by atoms with Crippen LogP contribution in [0.3, 0.4) is 0 Å². The fourth-order valence-electron chi connectivity index (χ4n) is 2.52. The Hall–Kier alpha value is -1.99. The first kappa shape index (κ1) is 23.3. The zero-order chi connectivity index (χ0) is 21.4. The molecular weight excluding hydrogens is 454 g/mol. The fourth-order valence-corrected chi connectivity index (χ4v) is 3.70. The van der Waals surface area contributed by atoms with Gasteiger partial charge in [0.25, 0.3) is 0 Å². The SMILES string of the molecule is COC(=O)C(CCSc1ccc(-c2ccc(Br)cc2)cc1)NC(=O)OC(C)(C)C. The minimum Gasteiger partial charge on any atom is -0.467 e. The number of carbonyl (C=O) groups excluding carboxylic acids is 2. The van der Waals surface area contributed by atoms with Crippen LogP contribution in [-0.2, 0) is 14.3 Å². The molecule has 0 saturated heterocycles. The number of hydrogen-bond donors (Lipinski definition) is 1. The molecule has 0 saturated carbocycles. The first-order valence-electron chi connectivity index (χ1n) is 9.24. The van der Waals surface area contributed by atoms with Crippen LogP contribution in [0.4, 0.5) is 4.79 Å². The largest absolute Gasteiger partial charge is 0.467 e. The maximum absolute atomic E-state index is 12.0. The Morgan fingerprint density at radius 2 is 1.59 bits per heavy atom. The van der Waals surface area contributed by atoms with Crippen molar-refractivity contribution < 1.29 is 19.1 Å². The van der Waals surface area contributed by atoms with E-state index in [1.807, 2.05) is 12.1 Å². The Labute approximate surface area is 184 Å². The fraction of sp³-hybridized carbons (Fsp3) is 0.364. The minimum atomic E-state index is -0.746. The van der Waals surface area contributed by atoms with Gasteiger partial charge in [-0.1, -0.05) is 40.2 Å². The van der Waals surface area contributed by atoms with E-state index in [9.17, 15) is 9.59 Å². The van der Waals surface area contributed by atoms with Gasteiger partial charge in [-0.05, 0) is 62.6 Å². The van der Waals surface area contributed by atoms with Gasteiger partial charge in [-0.3, -0.25) is 0 Å². The molecule has 2 aromatic carbocycles. The third-order valence-electron chi connectivity index (χ3n) is 3.88. The van der Waals surface area contributed by atoms with Crippen molar-refractivity contribution in [2.75, 3.05) is 12.9 Å². The number of nitrogens with one attached hydrogen (secondary N) is 1. The summed E-state index contributed by atoms with van der Waals surface area (Å²) >= 11 is 5.06. The molecule has 5 nitrogen and oxygen atoms in total. The highest BCUT2D eigenvalue weighted by Gasteiger charge is 2.24. The Balaban J connectivity index is 1.90. The van der Waals surface area contributed by atoms with Crippen LogP contribution in [0.5, 0.6) is 0 Å². The quantitative estimate of drug-likeness (QED) is 0.409. The number of thioether (sulfide) groups is 1. The summed E-state index contributed by atoms with van der Waals surface area (Å²) < 4.78 is 11.1. The zero-order valence-electron chi connectivity index (χ0n) is 17.0. The molecule has 2 rings (SSSR count). The van der Waals surface area contributed by atoms with Gasteiger partial charge < -0.3 is 14.8 Å². The van der Waals surface area contributed by atoms with Gasteiger partial charge in [0.2, 0.25) is 0 Å². The van der Waals surface area contributed by atoms with E-state index in [-0.39, 0.29) is 0 Å². The van der Waals surface area contributed by atoms with Crippen LogP contribution < -0.4 is 5.32 Å². The lowest BCUT2D eigenvalue weighted by Crippen LogP contribution is -2.44. The van der Waals surface area contributed by atoms with E-state index in [1.54, 1.807) is 32.5 Å². The molecule has 0 fully saturated rings. The number of amides is 1. The van der Waals surface area contributed by atoms with Crippen LogP contribution in [0.1, 0.15) is 27.2 Å². The molecule has 29 heavy (non-hydrogen) atoms. The number of alkyl carbamates (subject to hydrolysis) is 1. The molecule has 0 aliphatic carbocycles. The normalized spacial score (nSPS) is 12.2. The molecule has 0 aliphatic rings. The van der Waals surface area contributed by atoms with Crippen molar-refractivity contribution in [3.05, 3.63) is 53.0 Å². The van der Waals surface area contributed by atoms with Gasteiger partial charge in [0.1, 0.15) is 11.6 Å². The molecule has 0 spiro atoms. The average Bonchev–Trinajstić information content (AvgIpc) is 2.66. The lowest BCUT2D eigenvalue weighted by Gasteiger charge is -2.22. The molecular formula is C22H26BrNO4S. The molecule has 1 atom stereocenters. The predicted octanol–water partition coefficient (Wildman–Crippen LogP) is 5.66. The van der Waals surface area contributed by atoms with Crippen LogP contribution in [0, 0.1) is 0 Å². The second-order valence-corrected chi connectivity index (χ2v) is 9.47. The van der Waals surface area contributed by atoms with Crippen LogP contribution in [0.15, 0.2) is 57.9 Å². The van der Waals surface area contributed by atoms with Crippen molar-refractivity contribution in [3.8, 4) is 11.1 Å². The number of rotatable bonds is 7. The van der Waals surface area contributed by atoms with E-state index in [2.05, 4.69) is 57.6 Å². The maximum atomic E-state index is 12.0. The number of halogens is 1. The Morgan fingerprint density at radius 1 is 1.03 bits per heavy atom. The number of carbonyl (C=O) groups is 2. The Bertz CT molecular complexity index is 816. The first-order valence-corrected chi connectivity index (χ1v) is 11.0. The van der Waals surface area contributed by atoms with Gasteiger partial charge in [0, 0.05) is 15.1 Å². The molecule has 1 unspecified atom stereocenters. The topological polar surface area (TPSA) is 64.6 Å². The minimum absolute atomic E-state index is 0.436. The highest BCUT2D eigenvalue weighted by molar-refractivity contribution is 9.10. The van der Waals surface area contributed by atoms with Crippen molar-refractivity contribution >= 4 is 39.8 Å². The number of benzene rings is 2. The van der Waals surface area contributed by atoms with Crippen LogP contribution >= 0.6 is 27.7 Å².